The van der Waals surface area contributed by atoms with Gasteiger partial charge in [-0.1, -0.05) is 30.4 Å². The zero-order valence-corrected chi connectivity index (χ0v) is 12.0. The number of hydrogen-bond donors (Lipinski definition) is 1. The van der Waals surface area contributed by atoms with E-state index in [2.05, 4.69) is 28.2 Å². The highest BCUT2D eigenvalue weighted by Crippen LogP contribution is 2.22. The Hall–Kier alpha value is -2.20. The van der Waals surface area contributed by atoms with E-state index in [0.29, 0.717) is 0 Å². The number of aromatic nitrogens is 2. The number of aromatic amines is 1. The lowest BCUT2D eigenvalue weighted by Gasteiger charge is -2.22. The minimum atomic E-state index is -0.221. The number of benzene rings is 1. The lowest BCUT2D eigenvalue weighted by Crippen LogP contribution is -2.25. The minimum absolute atomic E-state index is 0.221. The van der Waals surface area contributed by atoms with Crippen LogP contribution < -0.4 is 0 Å². The van der Waals surface area contributed by atoms with Gasteiger partial charge in [0.25, 0.3) is 0 Å². The number of rotatable bonds is 3. The summed E-state index contributed by atoms with van der Waals surface area (Å²) >= 11 is 0. The van der Waals surface area contributed by atoms with E-state index in [-0.39, 0.29) is 5.82 Å². The maximum Gasteiger partial charge on any atom is 0.123 e. The summed E-state index contributed by atoms with van der Waals surface area (Å²) in [7, 11) is 2.11. The highest BCUT2D eigenvalue weighted by molar-refractivity contribution is 5.78. The van der Waals surface area contributed by atoms with Crippen molar-refractivity contribution < 1.29 is 4.39 Å². The van der Waals surface area contributed by atoms with Crippen molar-refractivity contribution in [1.82, 2.24) is 15.1 Å². The van der Waals surface area contributed by atoms with E-state index in [0.717, 1.165) is 36.3 Å². The molecule has 0 radical (unpaired) electrons. The lowest BCUT2D eigenvalue weighted by molar-refractivity contribution is 0.372. The molecule has 0 atom stereocenters. The Morgan fingerprint density at radius 3 is 3.05 bits per heavy atom. The van der Waals surface area contributed by atoms with Crippen molar-refractivity contribution in [3.8, 4) is 0 Å². The first-order valence-corrected chi connectivity index (χ1v) is 7.08. The number of nitrogens with zero attached hydrogens (tertiary/aromatic N) is 2. The minimum Gasteiger partial charge on any atom is -0.302 e. The van der Waals surface area contributed by atoms with Crippen molar-refractivity contribution in [3.05, 3.63) is 59.2 Å². The standard InChI is InChI=1S/C17H18FN3/c1-21-9-3-5-15(12-21)17-14(11-19-20-17)8-7-13-4-2-6-16(18)10-13/h2,4-8,10-11H,3,9,12H2,1H3,(H,19,20). The fourth-order valence-corrected chi connectivity index (χ4v) is 2.54. The van der Waals surface area contributed by atoms with Crippen LogP contribution in [0.2, 0.25) is 0 Å². The molecule has 1 aliphatic rings. The van der Waals surface area contributed by atoms with Crippen LogP contribution in [0.25, 0.3) is 17.7 Å². The molecule has 0 saturated carbocycles. The molecule has 108 valence electrons. The van der Waals surface area contributed by atoms with Crippen LogP contribution in [0.15, 0.2) is 36.5 Å². The van der Waals surface area contributed by atoms with Crippen LogP contribution in [0.4, 0.5) is 4.39 Å². The molecule has 0 aliphatic carbocycles. The summed E-state index contributed by atoms with van der Waals surface area (Å²) in [4.78, 5) is 2.28. The van der Waals surface area contributed by atoms with Crippen molar-refractivity contribution in [2.45, 2.75) is 6.42 Å². The Kier molecular flexibility index (Phi) is 3.97. The van der Waals surface area contributed by atoms with Crippen LogP contribution in [0.5, 0.6) is 0 Å². The van der Waals surface area contributed by atoms with Gasteiger partial charge in [-0.15, -0.1) is 0 Å². The van der Waals surface area contributed by atoms with Crippen LogP contribution >= 0.6 is 0 Å². The fourth-order valence-electron chi connectivity index (χ4n) is 2.54. The summed E-state index contributed by atoms with van der Waals surface area (Å²) in [6.45, 7) is 1.99. The molecule has 3 rings (SSSR count). The second kappa shape index (κ2) is 6.06. The van der Waals surface area contributed by atoms with E-state index in [1.54, 1.807) is 6.07 Å². The van der Waals surface area contributed by atoms with E-state index in [1.807, 2.05) is 24.4 Å². The molecular formula is C17H18FN3. The molecule has 4 heteroatoms. The number of hydrogen-bond acceptors (Lipinski definition) is 2. The normalized spacial score (nSPS) is 16.4. The Balaban J connectivity index is 1.84. The molecule has 1 N–H and O–H groups in total. The first-order chi connectivity index (χ1) is 10.2. The second-order valence-electron chi connectivity index (χ2n) is 5.33. The van der Waals surface area contributed by atoms with Crippen LogP contribution in [0, 0.1) is 5.82 Å². The topological polar surface area (TPSA) is 31.9 Å². The van der Waals surface area contributed by atoms with Crippen molar-refractivity contribution in [2.75, 3.05) is 20.1 Å². The summed E-state index contributed by atoms with van der Waals surface area (Å²) in [5.74, 6) is -0.221. The third-order valence-electron chi connectivity index (χ3n) is 3.62. The maximum absolute atomic E-state index is 13.2. The Bertz CT molecular complexity index is 685. The number of halogens is 1. The van der Waals surface area contributed by atoms with Crippen LogP contribution in [-0.2, 0) is 0 Å². The van der Waals surface area contributed by atoms with E-state index in [1.165, 1.54) is 17.7 Å². The zero-order chi connectivity index (χ0) is 14.7. The number of nitrogens with one attached hydrogen (secondary N) is 1. The summed E-state index contributed by atoms with van der Waals surface area (Å²) in [5.41, 5.74) is 4.09. The predicted octanol–water partition coefficient (Wildman–Crippen LogP) is 3.44. The molecule has 2 aromatic rings. The molecule has 0 saturated heterocycles. The van der Waals surface area contributed by atoms with Crippen LogP contribution in [0.3, 0.4) is 0 Å². The molecule has 2 heterocycles. The Morgan fingerprint density at radius 1 is 1.33 bits per heavy atom. The lowest BCUT2D eigenvalue weighted by atomic mass is 10.0. The van der Waals surface area contributed by atoms with Gasteiger partial charge in [0.1, 0.15) is 5.82 Å². The first kappa shape index (κ1) is 13.8. The molecule has 1 aromatic heterocycles. The van der Waals surface area contributed by atoms with Gasteiger partial charge in [0.05, 0.1) is 5.69 Å². The van der Waals surface area contributed by atoms with Gasteiger partial charge in [0.2, 0.25) is 0 Å². The number of likely N-dealkylation sites (N-methyl/N-ethyl adjacent to an activating group) is 1. The molecule has 0 fully saturated rings. The molecule has 0 spiro atoms. The third-order valence-corrected chi connectivity index (χ3v) is 3.62. The average Bonchev–Trinajstić information content (AvgIpc) is 2.94. The molecule has 1 aromatic carbocycles. The van der Waals surface area contributed by atoms with Crippen molar-refractivity contribution in [3.63, 3.8) is 0 Å². The largest absolute Gasteiger partial charge is 0.302 e. The van der Waals surface area contributed by atoms with E-state index < -0.39 is 0 Å². The third kappa shape index (κ3) is 3.28. The van der Waals surface area contributed by atoms with Gasteiger partial charge in [0.15, 0.2) is 0 Å². The summed E-state index contributed by atoms with van der Waals surface area (Å²) in [6, 6.07) is 6.56. The molecule has 0 amide bonds. The molecule has 0 bridgehead atoms. The molecule has 1 aliphatic heterocycles. The van der Waals surface area contributed by atoms with Crippen LogP contribution in [-0.4, -0.2) is 35.2 Å². The Labute approximate surface area is 123 Å². The smallest absolute Gasteiger partial charge is 0.123 e. The first-order valence-electron chi connectivity index (χ1n) is 7.08. The van der Waals surface area contributed by atoms with Crippen molar-refractivity contribution in [2.24, 2.45) is 0 Å². The highest BCUT2D eigenvalue weighted by atomic mass is 19.1. The van der Waals surface area contributed by atoms with Gasteiger partial charge in [-0.25, -0.2) is 4.39 Å². The number of H-pyrrole nitrogens is 1. The van der Waals surface area contributed by atoms with Gasteiger partial charge in [0, 0.05) is 24.8 Å². The van der Waals surface area contributed by atoms with Gasteiger partial charge < -0.3 is 4.90 Å². The fraction of sp³-hybridized carbons (Fsp3) is 0.235. The van der Waals surface area contributed by atoms with Gasteiger partial charge in [-0.3, -0.25) is 5.10 Å². The van der Waals surface area contributed by atoms with E-state index >= 15 is 0 Å². The summed E-state index contributed by atoms with van der Waals surface area (Å²) in [5, 5.41) is 7.28. The summed E-state index contributed by atoms with van der Waals surface area (Å²) in [6.07, 6.45) is 9.05. The zero-order valence-electron chi connectivity index (χ0n) is 12.0. The van der Waals surface area contributed by atoms with Gasteiger partial charge in [-0.05, 0) is 36.7 Å². The van der Waals surface area contributed by atoms with Crippen molar-refractivity contribution in [1.29, 1.82) is 0 Å². The summed E-state index contributed by atoms with van der Waals surface area (Å²) < 4.78 is 13.2. The van der Waals surface area contributed by atoms with Gasteiger partial charge in [-0.2, -0.15) is 5.10 Å². The predicted molar refractivity (Wildman–Crippen MR) is 84.0 cm³/mol. The van der Waals surface area contributed by atoms with E-state index in [9.17, 15) is 4.39 Å². The van der Waals surface area contributed by atoms with Gasteiger partial charge >= 0.3 is 0 Å². The second-order valence-corrected chi connectivity index (χ2v) is 5.33. The average molecular weight is 283 g/mol. The highest BCUT2D eigenvalue weighted by Gasteiger charge is 2.14. The maximum atomic E-state index is 13.2. The molecule has 0 unspecified atom stereocenters. The van der Waals surface area contributed by atoms with E-state index in [4.69, 9.17) is 0 Å². The SMILES string of the molecule is CN1CCC=C(c2n[nH]cc2C=Cc2cccc(F)c2)C1. The Morgan fingerprint density at radius 2 is 2.24 bits per heavy atom. The molecule has 21 heavy (non-hydrogen) atoms. The van der Waals surface area contributed by atoms with Crippen LogP contribution in [0.1, 0.15) is 23.2 Å². The molecular weight excluding hydrogens is 265 g/mol. The molecule has 3 nitrogen and oxygen atoms in total. The monoisotopic (exact) mass is 283 g/mol. The quantitative estimate of drug-likeness (QED) is 0.935. The van der Waals surface area contributed by atoms with Crippen molar-refractivity contribution >= 4 is 17.7 Å².